The lowest BCUT2D eigenvalue weighted by Crippen LogP contribution is -2.34. The van der Waals surface area contributed by atoms with Gasteiger partial charge in [0.25, 0.3) is 0 Å². The number of benzene rings is 1. The zero-order valence-corrected chi connectivity index (χ0v) is 32.2. The predicted octanol–water partition coefficient (Wildman–Crippen LogP) is 7.92. The first-order chi connectivity index (χ1) is 24.3. The van der Waals surface area contributed by atoms with Crippen LogP contribution in [-0.2, 0) is 31.3 Å². The van der Waals surface area contributed by atoms with Gasteiger partial charge < -0.3 is 15.5 Å². The van der Waals surface area contributed by atoms with Gasteiger partial charge in [-0.2, -0.15) is 10.4 Å². The molecule has 0 bridgehead atoms. The Hall–Kier alpha value is -3.90. The molecule has 51 heavy (non-hydrogen) atoms. The number of nitrogens with two attached hydrogens (primary N) is 1. The smallest absolute Gasteiger partial charge is 0.115 e. The van der Waals surface area contributed by atoms with Crippen LogP contribution in [-0.4, -0.2) is 70.0 Å². The first-order valence-corrected chi connectivity index (χ1v) is 19.2. The quantitative estimate of drug-likeness (QED) is 0.252. The minimum absolute atomic E-state index is 0.117. The second-order valence-corrected chi connectivity index (χ2v) is 16.4. The summed E-state index contributed by atoms with van der Waals surface area (Å²) >= 11 is 0. The number of fused-ring (bicyclic) bond motifs is 3. The molecule has 8 nitrogen and oxygen atoms in total. The third-order valence-corrected chi connectivity index (χ3v) is 12.5. The second-order valence-electron chi connectivity index (χ2n) is 16.4. The zero-order chi connectivity index (χ0) is 36.7. The van der Waals surface area contributed by atoms with Crippen LogP contribution in [0, 0.1) is 18.3 Å². The Labute approximate surface area is 305 Å². The number of rotatable bonds is 7. The molecule has 1 aromatic carbocycles. The molecule has 4 aliphatic rings. The van der Waals surface area contributed by atoms with Gasteiger partial charge in [-0.1, -0.05) is 33.4 Å². The highest BCUT2D eigenvalue weighted by Gasteiger charge is 2.45. The highest BCUT2D eigenvalue weighted by atomic mass is 19.1. The van der Waals surface area contributed by atoms with Gasteiger partial charge in [0.05, 0.1) is 23.5 Å². The number of anilines is 2. The van der Waals surface area contributed by atoms with Gasteiger partial charge >= 0.3 is 0 Å². The molecule has 0 saturated carbocycles. The molecule has 2 saturated heterocycles. The van der Waals surface area contributed by atoms with Crippen LogP contribution < -0.4 is 10.6 Å². The Balaban J connectivity index is 0.000000381. The first kappa shape index (κ1) is 36.9. The average molecular weight is 695 g/mol. The van der Waals surface area contributed by atoms with E-state index in [0.29, 0.717) is 23.7 Å². The third kappa shape index (κ3) is 7.26. The zero-order valence-electron chi connectivity index (χ0n) is 32.2. The van der Waals surface area contributed by atoms with Crippen LogP contribution >= 0.6 is 0 Å². The number of hydrogen-bond donors (Lipinski definition) is 1. The van der Waals surface area contributed by atoms with E-state index in [0.717, 1.165) is 93.9 Å². The molecule has 3 aromatic rings. The molecular weight excluding hydrogens is 636 g/mol. The van der Waals surface area contributed by atoms with Gasteiger partial charge in [-0.05, 0) is 124 Å². The summed E-state index contributed by atoms with van der Waals surface area (Å²) in [6, 6.07) is 11.0. The van der Waals surface area contributed by atoms with Gasteiger partial charge in [-0.15, -0.1) is 0 Å². The highest BCUT2D eigenvalue weighted by molar-refractivity contribution is 5.64. The van der Waals surface area contributed by atoms with Crippen molar-refractivity contribution in [3.05, 3.63) is 75.9 Å². The fourth-order valence-corrected chi connectivity index (χ4v) is 9.24. The molecular formula is C42H59FN8. The van der Waals surface area contributed by atoms with E-state index in [9.17, 15) is 9.65 Å². The lowest BCUT2D eigenvalue weighted by molar-refractivity contribution is 0.217. The standard InChI is InChI=1S/C34H45N7.C8H14FN/c1-8-25-18-32(40-16-9-17-41-26(21-40)19-31(38-41)24(4)39(6)7)28(23(3)37-25)13-15-34(5)14-12-22(2)27-10-11-30(36)29(20-35)33(27)34;1-8-3-2-4-10(8)6-7(9)5-8/h10-11,18-19,22H,4,8-9,12-17,21,36H2,1-3,5-7H3;7H,2-6H2,1H3. The summed E-state index contributed by atoms with van der Waals surface area (Å²) < 4.78 is 15.0. The van der Waals surface area contributed by atoms with Crippen molar-refractivity contribution in [2.75, 3.05) is 44.4 Å². The molecule has 7 rings (SSSR count). The van der Waals surface area contributed by atoms with Crippen molar-refractivity contribution in [3.63, 3.8) is 0 Å². The monoisotopic (exact) mass is 694 g/mol. The number of aromatic nitrogens is 3. The summed E-state index contributed by atoms with van der Waals surface area (Å²) in [5.41, 5.74) is 18.1. The van der Waals surface area contributed by atoms with E-state index >= 15 is 0 Å². The largest absolute Gasteiger partial charge is 0.398 e. The van der Waals surface area contributed by atoms with Crippen LogP contribution in [0.3, 0.4) is 0 Å². The van der Waals surface area contributed by atoms with Crippen LogP contribution in [0.5, 0.6) is 0 Å². The lowest BCUT2D eigenvalue weighted by atomic mass is 9.64. The Morgan fingerprint density at radius 2 is 1.94 bits per heavy atom. The van der Waals surface area contributed by atoms with Gasteiger partial charge in [-0.3, -0.25) is 14.6 Å². The maximum Gasteiger partial charge on any atom is 0.115 e. The van der Waals surface area contributed by atoms with E-state index in [4.69, 9.17) is 15.8 Å². The molecule has 274 valence electrons. The molecule has 4 atom stereocenters. The topological polar surface area (TPSA) is 90.2 Å². The van der Waals surface area contributed by atoms with E-state index in [1.54, 1.807) is 0 Å². The van der Waals surface area contributed by atoms with Crippen LogP contribution in [0.15, 0.2) is 30.8 Å². The normalized spacial score (nSPS) is 25.6. The summed E-state index contributed by atoms with van der Waals surface area (Å²) in [4.78, 5) is 11.9. The Morgan fingerprint density at radius 1 is 1.16 bits per heavy atom. The van der Waals surface area contributed by atoms with Gasteiger partial charge in [0.2, 0.25) is 0 Å². The Morgan fingerprint density at radius 3 is 2.65 bits per heavy atom. The molecule has 2 aromatic heterocycles. The lowest BCUT2D eigenvalue weighted by Gasteiger charge is -2.40. The van der Waals surface area contributed by atoms with Crippen molar-refractivity contribution in [1.29, 1.82) is 5.26 Å². The Bertz CT molecular complexity index is 1800. The number of alkyl halides is 1. The van der Waals surface area contributed by atoms with Gasteiger partial charge in [0, 0.05) is 62.0 Å². The summed E-state index contributed by atoms with van der Waals surface area (Å²) in [6.45, 7) is 19.9. The molecule has 4 unspecified atom stereocenters. The summed E-state index contributed by atoms with van der Waals surface area (Å²) in [7, 11) is 4.02. The van der Waals surface area contributed by atoms with E-state index < -0.39 is 6.17 Å². The van der Waals surface area contributed by atoms with Gasteiger partial charge in [0.15, 0.2) is 0 Å². The number of nitrogens with zero attached hydrogens (tertiary/aromatic N) is 7. The van der Waals surface area contributed by atoms with Crippen molar-refractivity contribution in [2.45, 2.75) is 129 Å². The summed E-state index contributed by atoms with van der Waals surface area (Å²) in [5, 5.41) is 15.0. The minimum atomic E-state index is -0.551. The molecule has 2 fully saturated rings. The van der Waals surface area contributed by atoms with Crippen molar-refractivity contribution < 1.29 is 4.39 Å². The van der Waals surface area contributed by atoms with Crippen molar-refractivity contribution in [2.24, 2.45) is 0 Å². The van der Waals surface area contributed by atoms with Crippen molar-refractivity contribution in [1.82, 2.24) is 24.6 Å². The molecule has 2 N–H and O–H groups in total. The van der Waals surface area contributed by atoms with E-state index in [2.05, 4.69) is 79.9 Å². The number of nitrogen functional groups attached to an aromatic ring is 1. The van der Waals surface area contributed by atoms with E-state index in [1.807, 2.05) is 25.1 Å². The molecule has 5 heterocycles. The van der Waals surface area contributed by atoms with Gasteiger partial charge in [0.1, 0.15) is 17.9 Å². The van der Waals surface area contributed by atoms with Crippen LogP contribution in [0.25, 0.3) is 5.70 Å². The predicted molar refractivity (Wildman–Crippen MR) is 207 cm³/mol. The van der Waals surface area contributed by atoms with E-state index in [-0.39, 0.29) is 11.0 Å². The minimum Gasteiger partial charge on any atom is -0.398 e. The van der Waals surface area contributed by atoms with Crippen LogP contribution in [0.4, 0.5) is 15.8 Å². The maximum absolute atomic E-state index is 12.8. The highest BCUT2D eigenvalue weighted by Crippen LogP contribution is 2.48. The fourth-order valence-electron chi connectivity index (χ4n) is 9.24. The summed E-state index contributed by atoms with van der Waals surface area (Å²) in [6.07, 6.45) is 8.64. The van der Waals surface area contributed by atoms with Crippen LogP contribution in [0.2, 0.25) is 0 Å². The average Bonchev–Trinajstić information content (AvgIpc) is 3.70. The molecule has 3 aliphatic heterocycles. The molecule has 0 amide bonds. The maximum atomic E-state index is 12.8. The molecule has 9 heteroatoms. The SMILES string of the molecule is C=C(c1cc2n(n1)CCCN(c1cc(CC)nc(C)c1CCC1(C)CCC(C)c3ccc(N)c(C#N)c31)C2)N(C)C.CC12CCCN1CC(F)C2. The van der Waals surface area contributed by atoms with Crippen molar-refractivity contribution in [3.8, 4) is 6.07 Å². The second kappa shape index (κ2) is 14.6. The van der Waals surface area contributed by atoms with E-state index in [1.165, 1.54) is 40.9 Å². The number of halogens is 1. The number of aryl methyl sites for hydroxylation is 3. The van der Waals surface area contributed by atoms with Crippen LogP contribution in [0.1, 0.15) is 124 Å². The number of hydrogen-bond acceptors (Lipinski definition) is 7. The number of pyridine rings is 1. The first-order valence-electron chi connectivity index (χ1n) is 19.2. The Kier molecular flexibility index (Phi) is 10.6. The fraction of sp³-hybridized carbons (Fsp3) is 0.595. The van der Waals surface area contributed by atoms with Crippen molar-refractivity contribution >= 4 is 17.1 Å². The molecule has 0 spiro atoms. The molecule has 0 radical (unpaired) electrons. The molecule has 1 aliphatic carbocycles. The summed E-state index contributed by atoms with van der Waals surface area (Å²) in [5.74, 6) is 0.434. The number of nitriles is 1. The van der Waals surface area contributed by atoms with Gasteiger partial charge in [-0.25, -0.2) is 4.39 Å². The third-order valence-electron chi connectivity index (χ3n) is 12.5.